The highest BCUT2D eigenvalue weighted by atomic mass is 79.9. The zero-order chi connectivity index (χ0) is 12.3. The molecule has 0 heterocycles. The lowest BCUT2D eigenvalue weighted by Gasteiger charge is -2.26. The fourth-order valence-electron chi connectivity index (χ4n) is 2.39. The van der Waals surface area contributed by atoms with Crippen LogP contribution in [0.2, 0.25) is 0 Å². The molecule has 1 aromatic carbocycles. The minimum atomic E-state index is -0.200. The molecule has 17 heavy (non-hydrogen) atoms. The molecule has 0 saturated carbocycles. The summed E-state index contributed by atoms with van der Waals surface area (Å²) in [6.45, 7) is 2.75. The first-order valence-electron chi connectivity index (χ1n) is 6.34. The van der Waals surface area contributed by atoms with Gasteiger partial charge in [-0.15, -0.1) is 0 Å². The summed E-state index contributed by atoms with van der Waals surface area (Å²) in [7, 11) is 0. The van der Waals surface area contributed by atoms with E-state index in [0.29, 0.717) is 6.04 Å². The maximum atomic E-state index is 9.22. The monoisotopic (exact) mass is 297 g/mol. The van der Waals surface area contributed by atoms with Gasteiger partial charge in [-0.25, -0.2) is 0 Å². The van der Waals surface area contributed by atoms with Gasteiger partial charge in [-0.2, -0.15) is 0 Å². The lowest BCUT2D eigenvalue weighted by molar-refractivity contribution is 0.181. The third kappa shape index (κ3) is 3.80. The molecular formula is C14H20BrNO. The number of aliphatic hydroxyl groups is 1. The maximum absolute atomic E-state index is 9.22. The van der Waals surface area contributed by atoms with E-state index in [0.717, 1.165) is 25.8 Å². The van der Waals surface area contributed by atoms with E-state index < -0.39 is 0 Å². The molecule has 0 spiro atoms. The van der Waals surface area contributed by atoms with Gasteiger partial charge in [0.15, 0.2) is 0 Å². The molecule has 1 aromatic rings. The van der Waals surface area contributed by atoms with Crippen LogP contribution in [0.1, 0.15) is 30.9 Å². The number of fused-ring (bicyclic) bond motifs is 1. The molecule has 1 aliphatic rings. The Morgan fingerprint density at radius 2 is 2.29 bits per heavy atom. The summed E-state index contributed by atoms with van der Waals surface area (Å²) in [6, 6.07) is 7.16. The smallest absolute Gasteiger partial charge is 0.0524 e. The van der Waals surface area contributed by atoms with E-state index >= 15 is 0 Å². The largest absolute Gasteiger partial charge is 0.393 e. The summed E-state index contributed by atoms with van der Waals surface area (Å²) in [5.41, 5.74) is 2.95. The first-order valence-corrected chi connectivity index (χ1v) is 7.13. The number of benzene rings is 1. The summed E-state index contributed by atoms with van der Waals surface area (Å²) in [4.78, 5) is 0. The molecule has 94 valence electrons. The molecule has 0 saturated heterocycles. The highest BCUT2D eigenvalue weighted by Crippen LogP contribution is 2.24. The van der Waals surface area contributed by atoms with Crippen LogP contribution < -0.4 is 5.32 Å². The average molecular weight is 298 g/mol. The van der Waals surface area contributed by atoms with Crippen LogP contribution in [0.4, 0.5) is 0 Å². The molecule has 2 unspecified atom stereocenters. The number of halogens is 1. The minimum Gasteiger partial charge on any atom is -0.393 e. The quantitative estimate of drug-likeness (QED) is 0.896. The van der Waals surface area contributed by atoms with Crippen LogP contribution in [-0.4, -0.2) is 23.8 Å². The number of hydrogen-bond donors (Lipinski definition) is 2. The van der Waals surface area contributed by atoms with Crippen molar-refractivity contribution in [2.45, 2.75) is 44.8 Å². The molecule has 0 radical (unpaired) electrons. The van der Waals surface area contributed by atoms with Gasteiger partial charge in [0, 0.05) is 10.5 Å². The van der Waals surface area contributed by atoms with Crippen molar-refractivity contribution in [2.75, 3.05) is 6.54 Å². The zero-order valence-electron chi connectivity index (χ0n) is 10.2. The number of hydrogen-bond acceptors (Lipinski definition) is 2. The third-order valence-electron chi connectivity index (χ3n) is 3.39. The lowest BCUT2D eigenvalue weighted by Crippen LogP contribution is -2.36. The van der Waals surface area contributed by atoms with Gasteiger partial charge in [-0.1, -0.05) is 22.0 Å². The molecular weight excluding hydrogens is 278 g/mol. The average Bonchev–Trinajstić information content (AvgIpc) is 2.29. The van der Waals surface area contributed by atoms with Gasteiger partial charge < -0.3 is 10.4 Å². The molecule has 0 amide bonds. The second-order valence-electron chi connectivity index (χ2n) is 4.94. The van der Waals surface area contributed by atoms with Gasteiger partial charge >= 0.3 is 0 Å². The van der Waals surface area contributed by atoms with E-state index in [1.807, 2.05) is 6.92 Å². The SMILES string of the molecule is CC(O)CCNC1CCc2cc(Br)ccc2C1. The van der Waals surface area contributed by atoms with E-state index in [9.17, 15) is 5.11 Å². The Balaban J connectivity index is 1.88. The Hall–Kier alpha value is -0.380. The van der Waals surface area contributed by atoms with Crippen molar-refractivity contribution >= 4 is 15.9 Å². The molecule has 2 nitrogen and oxygen atoms in total. The van der Waals surface area contributed by atoms with Crippen molar-refractivity contribution in [1.29, 1.82) is 0 Å². The molecule has 0 bridgehead atoms. The van der Waals surface area contributed by atoms with Crippen molar-refractivity contribution in [3.63, 3.8) is 0 Å². The van der Waals surface area contributed by atoms with E-state index in [2.05, 4.69) is 39.4 Å². The zero-order valence-corrected chi connectivity index (χ0v) is 11.8. The van der Waals surface area contributed by atoms with Crippen molar-refractivity contribution in [3.05, 3.63) is 33.8 Å². The topological polar surface area (TPSA) is 32.3 Å². The summed E-state index contributed by atoms with van der Waals surface area (Å²) in [6.07, 6.45) is 4.10. The van der Waals surface area contributed by atoms with Crippen molar-refractivity contribution in [3.8, 4) is 0 Å². The molecule has 0 aliphatic heterocycles. The van der Waals surface area contributed by atoms with Crippen LogP contribution in [-0.2, 0) is 12.8 Å². The fourth-order valence-corrected chi connectivity index (χ4v) is 2.80. The highest BCUT2D eigenvalue weighted by molar-refractivity contribution is 9.10. The Morgan fingerprint density at radius 1 is 1.47 bits per heavy atom. The van der Waals surface area contributed by atoms with E-state index in [1.54, 1.807) is 0 Å². The van der Waals surface area contributed by atoms with Crippen LogP contribution in [0, 0.1) is 0 Å². The summed E-state index contributed by atoms with van der Waals surface area (Å²) in [5.74, 6) is 0. The van der Waals surface area contributed by atoms with Crippen LogP contribution in [0.25, 0.3) is 0 Å². The normalized spacial score (nSPS) is 21.0. The highest BCUT2D eigenvalue weighted by Gasteiger charge is 2.18. The Bertz CT molecular complexity index is 378. The number of nitrogens with one attached hydrogen (secondary N) is 1. The fraction of sp³-hybridized carbons (Fsp3) is 0.571. The van der Waals surface area contributed by atoms with Crippen LogP contribution >= 0.6 is 15.9 Å². The third-order valence-corrected chi connectivity index (χ3v) is 3.89. The maximum Gasteiger partial charge on any atom is 0.0524 e. The van der Waals surface area contributed by atoms with Crippen molar-refractivity contribution in [2.24, 2.45) is 0 Å². The number of rotatable bonds is 4. The molecule has 2 N–H and O–H groups in total. The molecule has 2 rings (SSSR count). The van der Waals surface area contributed by atoms with Gasteiger partial charge in [-0.3, -0.25) is 0 Å². The molecule has 0 fully saturated rings. The van der Waals surface area contributed by atoms with Crippen LogP contribution in [0.5, 0.6) is 0 Å². The molecule has 3 heteroatoms. The predicted octanol–water partition coefficient (Wildman–Crippen LogP) is 2.67. The van der Waals surface area contributed by atoms with Gasteiger partial charge in [-0.05, 0) is 62.4 Å². The summed E-state index contributed by atoms with van der Waals surface area (Å²) in [5, 5.41) is 12.8. The number of aryl methyl sites for hydroxylation is 1. The Kier molecular flexibility index (Phi) is 4.60. The predicted molar refractivity (Wildman–Crippen MR) is 74.3 cm³/mol. The molecule has 0 aromatic heterocycles. The standard InChI is InChI=1S/C14H20BrNO/c1-10(17)6-7-16-14-5-3-11-8-13(15)4-2-12(11)9-14/h2,4,8,10,14,16-17H,3,5-7,9H2,1H3. The van der Waals surface area contributed by atoms with E-state index in [-0.39, 0.29) is 6.10 Å². The van der Waals surface area contributed by atoms with E-state index in [1.165, 1.54) is 22.0 Å². The summed E-state index contributed by atoms with van der Waals surface area (Å²) < 4.78 is 1.18. The van der Waals surface area contributed by atoms with Crippen molar-refractivity contribution in [1.82, 2.24) is 5.32 Å². The summed E-state index contributed by atoms with van der Waals surface area (Å²) >= 11 is 3.52. The number of aliphatic hydroxyl groups excluding tert-OH is 1. The van der Waals surface area contributed by atoms with Crippen molar-refractivity contribution < 1.29 is 5.11 Å². The second kappa shape index (κ2) is 5.98. The Morgan fingerprint density at radius 3 is 3.06 bits per heavy atom. The van der Waals surface area contributed by atoms with Gasteiger partial charge in [0.25, 0.3) is 0 Å². The molecule has 2 atom stereocenters. The minimum absolute atomic E-state index is 0.200. The van der Waals surface area contributed by atoms with Gasteiger partial charge in [0.2, 0.25) is 0 Å². The first-order chi connectivity index (χ1) is 8.15. The van der Waals surface area contributed by atoms with Crippen LogP contribution in [0.3, 0.4) is 0 Å². The second-order valence-corrected chi connectivity index (χ2v) is 5.86. The van der Waals surface area contributed by atoms with E-state index in [4.69, 9.17) is 0 Å². The Labute approximate surface area is 112 Å². The van der Waals surface area contributed by atoms with Crippen LogP contribution in [0.15, 0.2) is 22.7 Å². The first kappa shape index (κ1) is 13.1. The lowest BCUT2D eigenvalue weighted by atomic mass is 9.88. The molecule has 1 aliphatic carbocycles. The van der Waals surface area contributed by atoms with Gasteiger partial charge in [0.05, 0.1) is 6.10 Å². The van der Waals surface area contributed by atoms with Gasteiger partial charge in [0.1, 0.15) is 0 Å².